The highest BCUT2D eigenvalue weighted by atomic mass is 35.5. The van der Waals surface area contributed by atoms with Gasteiger partial charge in [0.05, 0.1) is 10.7 Å². The van der Waals surface area contributed by atoms with Gasteiger partial charge in [-0.05, 0) is 30.4 Å². The van der Waals surface area contributed by atoms with Crippen LogP contribution in [0.3, 0.4) is 0 Å². The molecule has 0 aromatic heterocycles. The lowest BCUT2D eigenvalue weighted by Gasteiger charge is -1.96. The number of isothiocyanates is 1. The molecule has 1 aromatic carbocycles. The van der Waals surface area contributed by atoms with Gasteiger partial charge in [0.2, 0.25) is 0 Å². The first-order chi connectivity index (χ1) is 6.15. The predicted octanol–water partition coefficient (Wildman–Crippen LogP) is 2.72. The largest absolute Gasteiger partial charge is 0.288 e. The zero-order chi connectivity index (χ0) is 9.84. The van der Waals surface area contributed by atoms with Crippen LogP contribution in [0.5, 0.6) is 0 Å². The molecule has 0 unspecified atom stereocenters. The average molecular weight is 216 g/mol. The molecule has 1 aromatic rings. The van der Waals surface area contributed by atoms with Gasteiger partial charge < -0.3 is 0 Å². The summed E-state index contributed by atoms with van der Waals surface area (Å²) in [6.45, 7) is 0. The molecule has 0 saturated heterocycles. The maximum atomic E-state index is 12.9. The van der Waals surface area contributed by atoms with Gasteiger partial charge in [-0.1, -0.05) is 11.6 Å². The van der Waals surface area contributed by atoms with Crippen molar-refractivity contribution in [2.75, 3.05) is 0 Å². The monoisotopic (exact) mass is 215 g/mol. The second kappa shape index (κ2) is 4.23. The normalized spacial score (nSPS) is 9.08. The van der Waals surface area contributed by atoms with Crippen molar-refractivity contribution in [2.45, 2.75) is 0 Å². The SMILES string of the molecule is O=C(N=C=S)c1cc(Cl)ccc1F. The van der Waals surface area contributed by atoms with Crippen LogP contribution >= 0.6 is 23.8 Å². The molecule has 0 saturated carbocycles. The van der Waals surface area contributed by atoms with Crippen LogP contribution in [-0.4, -0.2) is 11.1 Å². The summed E-state index contributed by atoms with van der Waals surface area (Å²) in [5.41, 5.74) is -0.204. The number of rotatable bonds is 1. The van der Waals surface area contributed by atoms with E-state index in [1.807, 2.05) is 5.16 Å². The van der Waals surface area contributed by atoms with E-state index in [-0.39, 0.29) is 10.6 Å². The molecular formula is C8H3ClFNOS. The molecule has 13 heavy (non-hydrogen) atoms. The molecule has 0 N–H and O–H groups in total. The quantitative estimate of drug-likeness (QED) is 0.533. The summed E-state index contributed by atoms with van der Waals surface area (Å²) in [5, 5.41) is 2.13. The summed E-state index contributed by atoms with van der Waals surface area (Å²) in [7, 11) is 0. The Morgan fingerprint density at radius 3 is 2.92 bits per heavy atom. The fourth-order valence-electron chi connectivity index (χ4n) is 0.763. The maximum absolute atomic E-state index is 12.9. The van der Waals surface area contributed by atoms with Crippen molar-refractivity contribution in [1.29, 1.82) is 0 Å². The van der Waals surface area contributed by atoms with Crippen LogP contribution < -0.4 is 0 Å². The van der Waals surface area contributed by atoms with E-state index in [9.17, 15) is 9.18 Å². The van der Waals surface area contributed by atoms with Crippen LogP contribution in [0.1, 0.15) is 10.4 Å². The van der Waals surface area contributed by atoms with Crippen molar-refractivity contribution in [3.63, 3.8) is 0 Å². The maximum Gasteiger partial charge on any atom is 0.288 e. The number of amides is 1. The van der Waals surface area contributed by atoms with Crippen LogP contribution in [0.15, 0.2) is 23.2 Å². The van der Waals surface area contributed by atoms with Gasteiger partial charge in [-0.3, -0.25) is 4.79 Å². The standard InChI is InChI=1S/C8H3ClFNOS/c9-5-1-2-7(10)6(3-5)8(12)11-4-13/h1-3H. The Morgan fingerprint density at radius 2 is 2.31 bits per heavy atom. The molecule has 0 aliphatic heterocycles. The Labute approximate surface area is 84.0 Å². The smallest absolute Gasteiger partial charge is 0.266 e. The number of hydrogen-bond donors (Lipinski definition) is 0. The minimum absolute atomic E-state index is 0.204. The van der Waals surface area contributed by atoms with Gasteiger partial charge in [-0.25, -0.2) is 4.39 Å². The lowest BCUT2D eigenvalue weighted by Crippen LogP contribution is -1.98. The van der Waals surface area contributed by atoms with Gasteiger partial charge in [0, 0.05) is 5.02 Å². The van der Waals surface area contributed by atoms with E-state index in [1.54, 1.807) is 0 Å². The molecule has 0 spiro atoms. The molecular weight excluding hydrogens is 213 g/mol. The minimum Gasteiger partial charge on any atom is -0.266 e. The van der Waals surface area contributed by atoms with Gasteiger partial charge in [0.1, 0.15) is 5.82 Å². The van der Waals surface area contributed by atoms with Crippen LogP contribution in [0, 0.1) is 5.82 Å². The van der Waals surface area contributed by atoms with Crippen molar-refractivity contribution in [2.24, 2.45) is 4.99 Å². The fourth-order valence-corrected chi connectivity index (χ4v) is 1.02. The van der Waals surface area contributed by atoms with E-state index in [1.165, 1.54) is 12.1 Å². The van der Waals surface area contributed by atoms with Crippen molar-refractivity contribution in [1.82, 2.24) is 0 Å². The van der Waals surface area contributed by atoms with E-state index in [0.29, 0.717) is 0 Å². The molecule has 0 fully saturated rings. The first-order valence-corrected chi connectivity index (χ1v) is 4.01. The van der Waals surface area contributed by atoms with Crippen molar-refractivity contribution in [3.8, 4) is 0 Å². The molecule has 0 aliphatic carbocycles. The molecule has 0 radical (unpaired) electrons. The lowest BCUT2D eigenvalue weighted by atomic mass is 10.2. The molecule has 1 amide bonds. The summed E-state index contributed by atoms with van der Waals surface area (Å²) < 4.78 is 12.9. The topological polar surface area (TPSA) is 29.4 Å². The molecule has 1 rings (SSSR count). The highest BCUT2D eigenvalue weighted by Gasteiger charge is 2.10. The zero-order valence-corrected chi connectivity index (χ0v) is 7.82. The first-order valence-electron chi connectivity index (χ1n) is 3.22. The fraction of sp³-hybridized carbons (Fsp3) is 0. The third-order valence-electron chi connectivity index (χ3n) is 1.31. The van der Waals surface area contributed by atoms with Crippen LogP contribution in [-0.2, 0) is 0 Å². The zero-order valence-electron chi connectivity index (χ0n) is 6.25. The Bertz CT molecular complexity index is 401. The number of halogens is 2. The van der Waals surface area contributed by atoms with Crippen molar-refractivity contribution >= 4 is 34.9 Å². The van der Waals surface area contributed by atoms with Crippen LogP contribution in [0.25, 0.3) is 0 Å². The first kappa shape index (κ1) is 9.99. The molecule has 2 nitrogen and oxygen atoms in total. The highest BCUT2D eigenvalue weighted by Crippen LogP contribution is 2.15. The molecule has 0 bridgehead atoms. The number of nitrogens with zero attached hydrogens (tertiary/aromatic N) is 1. The third kappa shape index (κ3) is 2.42. The van der Waals surface area contributed by atoms with Crippen LogP contribution in [0.4, 0.5) is 4.39 Å². The van der Waals surface area contributed by atoms with Crippen molar-refractivity contribution in [3.05, 3.63) is 34.6 Å². The van der Waals surface area contributed by atoms with Crippen molar-refractivity contribution < 1.29 is 9.18 Å². The molecule has 0 aliphatic rings. The number of thiocarbonyl (C=S) groups is 1. The number of carbonyl (C=O) groups excluding carboxylic acids is 1. The summed E-state index contributed by atoms with van der Waals surface area (Å²) in [6.07, 6.45) is 0. The number of carbonyl (C=O) groups is 1. The van der Waals surface area contributed by atoms with E-state index < -0.39 is 11.7 Å². The Kier molecular flexibility index (Phi) is 3.25. The summed E-state index contributed by atoms with van der Waals surface area (Å²) in [6, 6.07) is 3.62. The van der Waals surface area contributed by atoms with Gasteiger partial charge >= 0.3 is 0 Å². The summed E-state index contributed by atoms with van der Waals surface area (Å²) in [5.74, 6) is -1.46. The Hall–Kier alpha value is -1.09. The van der Waals surface area contributed by atoms with Gasteiger partial charge in [-0.2, -0.15) is 4.99 Å². The van der Waals surface area contributed by atoms with Gasteiger partial charge in [0.25, 0.3) is 5.91 Å². The number of aliphatic imine (C=N–C) groups is 1. The van der Waals surface area contributed by atoms with Gasteiger partial charge in [-0.15, -0.1) is 0 Å². The minimum atomic E-state index is -0.782. The summed E-state index contributed by atoms with van der Waals surface area (Å²) >= 11 is 9.77. The number of hydrogen-bond acceptors (Lipinski definition) is 2. The predicted molar refractivity (Wildman–Crippen MR) is 50.8 cm³/mol. The molecule has 0 atom stereocenters. The summed E-state index contributed by atoms with van der Waals surface area (Å²) in [4.78, 5) is 14.1. The number of benzene rings is 1. The van der Waals surface area contributed by atoms with E-state index in [0.717, 1.165) is 6.07 Å². The molecule has 66 valence electrons. The second-order valence-corrected chi connectivity index (χ2v) is 2.75. The second-order valence-electron chi connectivity index (χ2n) is 2.13. The van der Waals surface area contributed by atoms with E-state index >= 15 is 0 Å². The Morgan fingerprint density at radius 1 is 1.62 bits per heavy atom. The highest BCUT2D eigenvalue weighted by molar-refractivity contribution is 7.78. The molecule has 0 heterocycles. The van der Waals surface area contributed by atoms with E-state index in [2.05, 4.69) is 17.2 Å². The van der Waals surface area contributed by atoms with E-state index in [4.69, 9.17) is 11.6 Å². The third-order valence-corrected chi connectivity index (χ3v) is 1.63. The molecule has 5 heteroatoms. The Balaban J connectivity index is 3.20. The lowest BCUT2D eigenvalue weighted by molar-refractivity contribution is 0.1000. The van der Waals surface area contributed by atoms with Crippen LogP contribution in [0.2, 0.25) is 5.02 Å². The average Bonchev–Trinajstić information content (AvgIpc) is 2.09. The van der Waals surface area contributed by atoms with Gasteiger partial charge in [0.15, 0.2) is 0 Å².